The van der Waals surface area contributed by atoms with Gasteiger partial charge in [0, 0.05) is 16.7 Å². The highest BCUT2D eigenvalue weighted by Gasteiger charge is 2.46. The Morgan fingerprint density at radius 3 is 2.22 bits per heavy atom. The van der Waals surface area contributed by atoms with Crippen LogP contribution in [0.4, 0.5) is 0 Å². The van der Waals surface area contributed by atoms with E-state index in [1.165, 1.54) is 0 Å². The van der Waals surface area contributed by atoms with Gasteiger partial charge in [0.15, 0.2) is 29.1 Å². The minimum Gasteiger partial charge on any atom is -0.493 e. The highest BCUT2D eigenvalue weighted by Crippen LogP contribution is 2.59. The van der Waals surface area contributed by atoms with Crippen molar-refractivity contribution in [1.82, 2.24) is 0 Å². The summed E-state index contributed by atoms with van der Waals surface area (Å²) in [4.78, 5) is 0. The Balaban J connectivity index is 1.91. The third-order valence-electron chi connectivity index (χ3n) is 7.35. The number of rotatable bonds is 6. The van der Waals surface area contributed by atoms with Crippen LogP contribution in [0.5, 0.6) is 40.2 Å². The van der Waals surface area contributed by atoms with Gasteiger partial charge in [-0.15, -0.1) is 0 Å². The fraction of sp³-hybridized carbons (Fsp3) is 0.379. The molecule has 3 atom stereocenters. The number of benzene rings is 3. The molecule has 3 aromatic carbocycles. The molecule has 3 aromatic rings. The maximum absolute atomic E-state index is 12.1. The van der Waals surface area contributed by atoms with Crippen LogP contribution in [-0.2, 0) is 6.42 Å². The van der Waals surface area contributed by atoms with Crippen LogP contribution in [0.3, 0.4) is 0 Å². The van der Waals surface area contributed by atoms with Crippen molar-refractivity contribution in [2.75, 3.05) is 35.2 Å². The van der Waals surface area contributed by atoms with Crippen LogP contribution >= 0.6 is 0 Å². The van der Waals surface area contributed by atoms with Gasteiger partial charge in [0.05, 0.1) is 28.4 Å². The zero-order valence-electron chi connectivity index (χ0n) is 21.9. The van der Waals surface area contributed by atoms with E-state index in [0.717, 1.165) is 11.1 Å². The molecule has 37 heavy (non-hydrogen) atoms. The Bertz CT molecular complexity index is 1300. The second-order valence-electron chi connectivity index (χ2n) is 9.43. The van der Waals surface area contributed by atoms with E-state index in [4.69, 9.17) is 33.2 Å². The lowest BCUT2D eigenvalue weighted by Gasteiger charge is -2.41. The largest absolute Gasteiger partial charge is 0.493 e. The van der Waals surface area contributed by atoms with E-state index in [-0.39, 0.29) is 12.7 Å². The summed E-state index contributed by atoms with van der Waals surface area (Å²) in [6.45, 7) is 3.90. The number of para-hydroxylation sites is 1. The van der Waals surface area contributed by atoms with Gasteiger partial charge in [0.25, 0.3) is 0 Å². The molecule has 0 bridgehead atoms. The molecule has 0 amide bonds. The summed E-state index contributed by atoms with van der Waals surface area (Å²) in [6.07, 6.45) is -0.280. The average molecular weight is 509 g/mol. The minimum absolute atomic E-state index is 0.0948. The normalized spacial score (nSPS) is 21.7. The summed E-state index contributed by atoms with van der Waals surface area (Å²) in [7, 11) is 6.29. The van der Waals surface area contributed by atoms with Gasteiger partial charge in [-0.3, -0.25) is 0 Å². The van der Waals surface area contributed by atoms with Crippen molar-refractivity contribution in [2.24, 2.45) is 5.92 Å². The molecule has 1 heterocycles. The van der Waals surface area contributed by atoms with Gasteiger partial charge < -0.3 is 38.3 Å². The van der Waals surface area contributed by atoms with Crippen molar-refractivity contribution >= 4 is 0 Å². The van der Waals surface area contributed by atoms with Crippen molar-refractivity contribution in [3.8, 4) is 51.4 Å². The van der Waals surface area contributed by atoms with Gasteiger partial charge in [-0.2, -0.15) is 0 Å². The first-order valence-corrected chi connectivity index (χ1v) is 12.1. The molecule has 1 aliphatic carbocycles. The highest BCUT2D eigenvalue weighted by molar-refractivity contribution is 5.89. The lowest BCUT2D eigenvalue weighted by molar-refractivity contribution is -0.0871. The Kier molecular flexibility index (Phi) is 6.45. The van der Waals surface area contributed by atoms with E-state index in [1.807, 2.05) is 49.4 Å². The minimum atomic E-state index is -1.30. The summed E-state index contributed by atoms with van der Waals surface area (Å²) < 4.78 is 41.5. The molecule has 0 aromatic heterocycles. The average Bonchev–Trinajstić information content (AvgIpc) is 3.38. The molecule has 0 fully saturated rings. The van der Waals surface area contributed by atoms with Crippen LogP contribution < -0.4 is 33.2 Å². The molecular weight excluding hydrogens is 476 g/mol. The zero-order valence-corrected chi connectivity index (χ0v) is 21.9. The Morgan fingerprint density at radius 2 is 1.57 bits per heavy atom. The van der Waals surface area contributed by atoms with Crippen LogP contribution in [0, 0.1) is 5.92 Å². The predicted octanol–water partition coefficient (Wildman–Crippen LogP) is 5.18. The first kappa shape index (κ1) is 24.9. The van der Waals surface area contributed by atoms with E-state index in [2.05, 4.69) is 0 Å². The smallest absolute Gasteiger partial charge is 0.231 e. The Labute approximate surface area is 216 Å². The van der Waals surface area contributed by atoms with Crippen molar-refractivity contribution < 1.29 is 38.3 Å². The van der Waals surface area contributed by atoms with Gasteiger partial charge in [-0.25, -0.2) is 0 Å². The molecule has 0 spiro atoms. The maximum atomic E-state index is 12.1. The van der Waals surface area contributed by atoms with Crippen LogP contribution in [0.1, 0.15) is 31.1 Å². The fourth-order valence-electron chi connectivity index (χ4n) is 5.26. The number of methoxy groups -OCH3 is 4. The second-order valence-corrected chi connectivity index (χ2v) is 9.43. The van der Waals surface area contributed by atoms with E-state index in [9.17, 15) is 5.11 Å². The zero-order chi connectivity index (χ0) is 26.3. The number of hydrogen-bond acceptors (Lipinski definition) is 8. The molecule has 1 N–H and O–H groups in total. The molecule has 3 unspecified atom stereocenters. The lowest BCUT2D eigenvalue weighted by atomic mass is 9.73. The van der Waals surface area contributed by atoms with E-state index < -0.39 is 11.7 Å². The monoisotopic (exact) mass is 508 g/mol. The summed E-state index contributed by atoms with van der Waals surface area (Å²) in [5.74, 6) is 3.33. The van der Waals surface area contributed by atoms with Crippen molar-refractivity contribution in [3.63, 3.8) is 0 Å². The van der Waals surface area contributed by atoms with Gasteiger partial charge >= 0.3 is 0 Å². The molecule has 8 nitrogen and oxygen atoms in total. The molecule has 1 aliphatic heterocycles. The highest BCUT2D eigenvalue weighted by atomic mass is 16.7. The Morgan fingerprint density at radius 1 is 0.865 bits per heavy atom. The third-order valence-corrected chi connectivity index (χ3v) is 7.35. The SMILES string of the molecule is COc1cc2c(c(OC)c1OC)-c1c(cc3c(c1OC)OCO3)CC(C)C(C)(O)C2Oc1ccccc1. The summed E-state index contributed by atoms with van der Waals surface area (Å²) in [5.41, 5.74) is 1.71. The van der Waals surface area contributed by atoms with Crippen LogP contribution in [0.25, 0.3) is 11.1 Å². The molecule has 196 valence electrons. The van der Waals surface area contributed by atoms with Crippen LogP contribution in [0.15, 0.2) is 42.5 Å². The second kappa shape index (κ2) is 9.59. The molecule has 5 rings (SSSR count). The van der Waals surface area contributed by atoms with Gasteiger partial charge in [0.2, 0.25) is 18.3 Å². The van der Waals surface area contributed by atoms with Crippen molar-refractivity contribution in [1.29, 1.82) is 0 Å². The Hall–Kier alpha value is -3.78. The third kappa shape index (κ3) is 3.96. The summed E-state index contributed by atoms with van der Waals surface area (Å²) >= 11 is 0. The van der Waals surface area contributed by atoms with Crippen molar-refractivity contribution in [3.05, 3.63) is 53.6 Å². The predicted molar refractivity (Wildman–Crippen MR) is 138 cm³/mol. The molecule has 0 saturated heterocycles. The van der Waals surface area contributed by atoms with E-state index >= 15 is 0 Å². The molecule has 0 saturated carbocycles. The first-order chi connectivity index (χ1) is 17.8. The number of hydrogen-bond donors (Lipinski definition) is 1. The topological polar surface area (TPSA) is 84.8 Å². The van der Waals surface area contributed by atoms with Crippen molar-refractivity contribution in [2.45, 2.75) is 32.0 Å². The van der Waals surface area contributed by atoms with Crippen LogP contribution in [-0.4, -0.2) is 45.9 Å². The standard InChI is InChI=1S/C29H32O8/c1-16-12-17-13-21-25(36-15-35-21)26(33-5)22(17)23-19(14-20(31-3)24(32-4)27(23)34-6)28(29(16,2)30)37-18-10-8-7-9-11-18/h7-11,13-14,16,28,30H,12,15H2,1-6H3. The quantitative estimate of drug-likeness (QED) is 0.488. The van der Waals surface area contributed by atoms with Gasteiger partial charge in [0.1, 0.15) is 11.4 Å². The lowest BCUT2D eigenvalue weighted by Crippen LogP contribution is -2.44. The van der Waals surface area contributed by atoms with E-state index in [0.29, 0.717) is 57.8 Å². The summed E-state index contributed by atoms with van der Waals surface area (Å²) in [5, 5.41) is 12.1. The van der Waals surface area contributed by atoms with E-state index in [1.54, 1.807) is 35.4 Å². The van der Waals surface area contributed by atoms with Crippen LogP contribution in [0.2, 0.25) is 0 Å². The van der Waals surface area contributed by atoms with Gasteiger partial charge in [-0.1, -0.05) is 25.1 Å². The van der Waals surface area contributed by atoms with Gasteiger partial charge in [-0.05, 0) is 49.1 Å². The number of fused-ring (bicyclic) bond motifs is 4. The fourth-order valence-corrected chi connectivity index (χ4v) is 5.26. The summed E-state index contributed by atoms with van der Waals surface area (Å²) in [6, 6.07) is 13.2. The molecule has 8 heteroatoms. The molecule has 0 radical (unpaired) electrons. The molecular formula is C29H32O8. The maximum Gasteiger partial charge on any atom is 0.231 e. The number of ether oxygens (including phenoxy) is 7. The molecule has 2 aliphatic rings. The number of aliphatic hydroxyl groups is 1. The first-order valence-electron chi connectivity index (χ1n) is 12.1.